The molecule has 1 spiro atoms. The van der Waals surface area contributed by atoms with E-state index >= 15 is 0 Å². The monoisotopic (exact) mass is 460 g/mol. The fourth-order valence-electron chi connectivity index (χ4n) is 3.86. The number of ether oxygens (including phenoxy) is 1. The van der Waals surface area contributed by atoms with Crippen LogP contribution in [0.5, 0.6) is 0 Å². The minimum absolute atomic E-state index is 0.00539. The maximum absolute atomic E-state index is 11.9. The van der Waals surface area contributed by atoms with Crippen LogP contribution in [0.15, 0.2) is 39.6 Å². The van der Waals surface area contributed by atoms with Gasteiger partial charge in [0.25, 0.3) is 5.91 Å². The number of furan rings is 1. The van der Waals surface area contributed by atoms with E-state index in [9.17, 15) is 18.0 Å². The summed E-state index contributed by atoms with van der Waals surface area (Å²) < 4.78 is 42.9. The molecule has 1 amide bonds. The molecule has 0 aliphatic carbocycles. The number of aliphatic carboxylic acids is 1. The van der Waals surface area contributed by atoms with Gasteiger partial charge in [-0.15, -0.1) is 0 Å². The molecule has 2 fully saturated rings. The van der Waals surface area contributed by atoms with E-state index < -0.39 is 12.1 Å². The molecule has 0 aromatic carbocycles. The van der Waals surface area contributed by atoms with Crippen molar-refractivity contribution >= 4 is 23.2 Å². The summed E-state index contributed by atoms with van der Waals surface area (Å²) in [4.78, 5) is 23.3. The molecular formula is C20H23F3N2O5S. The lowest BCUT2D eigenvalue weighted by Crippen LogP contribution is -2.64. The molecule has 2 N–H and O–H groups in total. The number of nitrogens with one attached hydrogen (secondary N) is 1. The van der Waals surface area contributed by atoms with Crippen molar-refractivity contribution in [2.24, 2.45) is 5.92 Å². The number of carboxylic acid groups (broad SMARTS) is 1. The number of alkyl halides is 3. The van der Waals surface area contributed by atoms with E-state index in [-0.39, 0.29) is 11.5 Å². The Hall–Kier alpha value is -2.37. The lowest BCUT2D eigenvalue weighted by Gasteiger charge is -2.50. The van der Waals surface area contributed by atoms with Crippen molar-refractivity contribution in [1.29, 1.82) is 0 Å². The Morgan fingerprint density at radius 2 is 2.06 bits per heavy atom. The van der Waals surface area contributed by atoms with Crippen molar-refractivity contribution in [2.75, 3.05) is 26.2 Å². The third kappa shape index (κ3) is 6.08. The first kappa shape index (κ1) is 23.3. The fraction of sp³-hybridized carbons (Fsp3) is 0.500. The zero-order valence-electron chi connectivity index (χ0n) is 16.6. The number of carbonyl (C=O) groups excluding carboxylic acids is 1. The number of likely N-dealkylation sites (tertiary alicyclic amines) is 1. The highest BCUT2D eigenvalue weighted by Gasteiger charge is 2.52. The highest BCUT2D eigenvalue weighted by Crippen LogP contribution is 2.42. The Bertz CT molecular complexity index is 849. The fourth-order valence-corrected chi connectivity index (χ4v) is 4.52. The summed E-state index contributed by atoms with van der Waals surface area (Å²) in [5, 5.41) is 14.4. The minimum Gasteiger partial charge on any atom is -0.475 e. The molecule has 7 nitrogen and oxygen atoms in total. The lowest BCUT2D eigenvalue weighted by molar-refractivity contribution is -0.192. The van der Waals surface area contributed by atoms with E-state index in [1.807, 2.05) is 0 Å². The van der Waals surface area contributed by atoms with Crippen molar-refractivity contribution in [2.45, 2.75) is 31.2 Å². The molecule has 1 atom stereocenters. The van der Waals surface area contributed by atoms with Crippen LogP contribution in [-0.2, 0) is 16.1 Å². The van der Waals surface area contributed by atoms with E-state index in [4.69, 9.17) is 19.1 Å². The molecule has 2 aromatic rings. The van der Waals surface area contributed by atoms with Crippen LogP contribution in [-0.4, -0.2) is 59.9 Å². The number of nitrogens with zero attached hydrogens (tertiary/aromatic N) is 1. The van der Waals surface area contributed by atoms with Gasteiger partial charge in [0.1, 0.15) is 0 Å². The highest BCUT2D eigenvalue weighted by molar-refractivity contribution is 7.07. The summed E-state index contributed by atoms with van der Waals surface area (Å²) >= 11 is 1.75. The second kappa shape index (κ2) is 9.84. The van der Waals surface area contributed by atoms with Crippen molar-refractivity contribution in [1.82, 2.24) is 10.2 Å². The van der Waals surface area contributed by atoms with Crippen molar-refractivity contribution in [3.63, 3.8) is 0 Å². The second-order valence-electron chi connectivity index (χ2n) is 7.50. The molecule has 4 heterocycles. The average Bonchev–Trinajstić information content (AvgIpc) is 3.43. The first-order chi connectivity index (χ1) is 14.7. The van der Waals surface area contributed by atoms with E-state index in [1.54, 1.807) is 23.5 Å². The van der Waals surface area contributed by atoms with Crippen molar-refractivity contribution in [3.05, 3.63) is 46.5 Å². The molecule has 2 aromatic heterocycles. The van der Waals surface area contributed by atoms with Crippen LogP contribution in [0.2, 0.25) is 0 Å². The molecule has 1 unspecified atom stereocenters. The second-order valence-corrected chi connectivity index (χ2v) is 8.28. The van der Waals surface area contributed by atoms with Gasteiger partial charge in [0.05, 0.1) is 11.9 Å². The number of rotatable bonds is 6. The van der Waals surface area contributed by atoms with Gasteiger partial charge >= 0.3 is 12.1 Å². The Labute approximate surface area is 180 Å². The minimum atomic E-state index is -5.08. The number of hydrogen-bond donors (Lipinski definition) is 2. The van der Waals surface area contributed by atoms with Crippen molar-refractivity contribution in [3.8, 4) is 0 Å². The number of carbonyl (C=O) groups is 2. The molecular weight excluding hydrogens is 437 g/mol. The smallest absolute Gasteiger partial charge is 0.475 e. The van der Waals surface area contributed by atoms with E-state index in [2.05, 4.69) is 27.0 Å². The predicted molar refractivity (Wildman–Crippen MR) is 106 cm³/mol. The van der Waals surface area contributed by atoms with Crippen molar-refractivity contribution < 1.29 is 37.0 Å². The number of carboxylic acids is 1. The summed E-state index contributed by atoms with van der Waals surface area (Å²) in [5.74, 6) is -2.00. The molecule has 2 saturated heterocycles. The van der Waals surface area contributed by atoms with Gasteiger partial charge in [0, 0.05) is 32.8 Å². The van der Waals surface area contributed by atoms with Gasteiger partial charge in [0.15, 0.2) is 5.76 Å². The van der Waals surface area contributed by atoms with E-state index in [1.165, 1.54) is 11.8 Å². The molecule has 0 saturated carbocycles. The summed E-state index contributed by atoms with van der Waals surface area (Å²) in [7, 11) is 0. The van der Waals surface area contributed by atoms with Gasteiger partial charge in [0.2, 0.25) is 0 Å². The zero-order valence-corrected chi connectivity index (χ0v) is 17.4. The SMILES string of the molecule is O=C(NCCC1CCOC12CN(Cc1ccsc1)C2)c1ccco1.O=C(O)C(F)(F)F. The topological polar surface area (TPSA) is 92.0 Å². The van der Waals surface area contributed by atoms with Gasteiger partial charge in [-0.25, -0.2) is 4.79 Å². The molecule has 170 valence electrons. The van der Waals surface area contributed by atoms with Crippen LogP contribution in [0.1, 0.15) is 29.0 Å². The Kier molecular flexibility index (Phi) is 7.39. The summed E-state index contributed by atoms with van der Waals surface area (Å²) in [6, 6.07) is 5.60. The van der Waals surface area contributed by atoms with Crippen LogP contribution < -0.4 is 5.32 Å². The summed E-state index contributed by atoms with van der Waals surface area (Å²) in [6.45, 7) is 4.51. The quantitative estimate of drug-likeness (QED) is 0.687. The molecule has 0 bridgehead atoms. The first-order valence-electron chi connectivity index (χ1n) is 9.69. The predicted octanol–water partition coefficient (Wildman–Crippen LogP) is 3.39. The maximum atomic E-state index is 11.9. The molecule has 2 aliphatic heterocycles. The van der Waals surface area contributed by atoms with Crippen LogP contribution in [0.3, 0.4) is 0 Å². The normalized spacial score (nSPS) is 20.0. The number of halogens is 3. The number of thiophene rings is 1. The van der Waals surface area contributed by atoms with Gasteiger partial charge in [-0.1, -0.05) is 0 Å². The van der Waals surface area contributed by atoms with Crippen LogP contribution in [0, 0.1) is 5.92 Å². The third-order valence-electron chi connectivity index (χ3n) is 5.33. The summed E-state index contributed by atoms with van der Waals surface area (Å²) in [6.07, 6.45) is -1.52. The molecule has 31 heavy (non-hydrogen) atoms. The van der Waals surface area contributed by atoms with Gasteiger partial charge in [-0.2, -0.15) is 24.5 Å². The summed E-state index contributed by atoms with van der Waals surface area (Å²) in [5.41, 5.74) is 1.39. The highest BCUT2D eigenvalue weighted by atomic mass is 32.1. The standard InChI is InChI=1S/C18H22N2O3S.C2HF3O2/c21-17(16-2-1-7-22-16)19-6-3-15-4-8-23-18(15)12-20(13-18)10-14-5-9-24-11-14;3-2(4,5)1(6)7/h1-2,5,7,9,11,15H,3-4,6,8,10,12-13H2,(H,19,21);(H,6,7). The molecule has 0 radical (unpaired) electrons. The van der Waals surface area contributed by atoms with E-state index in [0.717, 1.165) is 39.1 Å². The first-order valence-corrected chi connectivity index (χ1v) is 10.6. The largest absolute Gasteiger partial charge is 0.490 e. The van der Waals surface area contributed by atoms with Gasteiger partial charge < -0.3 is 19.6 Å². The Morgan fingerprint density at radius 1 is 1.32 bits per heavy atom. The van der Waals surface area contributed by atoms with Crippen LogP contribution in [0.25, 0.3) is 0 Å². The molecule has 2 aliphatic rings. The van der Waals surface area contributed by atoms with Crippen LogP contribution in [0.4, 0.5) is 13.2 Å². The number of amides is 1. The Balaban J connectivity index is 0.000000339. The third-order valence-corrected chi connectivity index (χ3v) is 6.07. The van der Waals surface area contributed by atoms with Gasteiger partial charge in [-0.3, -0.25) is 9.69 Å². The lowest BCUT2D eigenvalue weighted by atomic mass is 9.79. The average molecular weight is 460 g/mol. The van der Waals surface area contributed by atoms with Gasteiger partial charge in [-0.05, 0) is 53.3 Å². The maximum Gasteiger partial charge on any atom is 0.490 e. The molecule has 4 rings (SSSR count). The number of hydrogen-bond acceptors (Lipinski definition) is 6. The van der Waals surface area contributed by atoms with Crippen LogP contribution >= 0.6 is 11.3 Å². The Morgan fingerprint density at radius 3 is 2.65 bits per heavy atom. The molecule has 11 heteroatoms. The van der Waals surface area contributed by atoms with E-state index in [0.29, 0.717) is 18.2 Å². The zero-order chi connectivity index (χ0) is 22.5.